The Morgan fingerprint density at radius 2 is 2.15 bits per heavy atom. The number of fused-ring (bicyclic) bond motifs is 1. The number of hydrogen-bond donors (Lipinski definition) is 3. The third kappa shape index (κ3) is 4.76. The van der Waals surface area contributed by atoms with Gasteiger partial charge in [-0.15, -0.1) is 24.8 Å². The topological polar surface area (TPSA) is 78.8 Å². The Kier molecular flexibility index (Phi) is 7.94. The molecule has 0 spiro atoms. The lowest BCUT2D eigenvalue weighted by Gasteiger charge is -2.29. The van der Waals surface area contributed by atoms with E-state index in [0.717, 1.165) is 60.9 Å². The molecule has 2 aromatic heterocycles. The van der Waals surface area contributed by atoms with Gasteiger partial charge in [0.25, 0.3) is 0 Å². The van der Waals surface area contributed by atoms with Crippen molar-refractivity contribution in [3.05, 3.63) is 35.9 Å². The zero-order valence-corrected chi connectivity index (χ0v) is 17.2. The summed E-state index contributed by atoms with van der Waals surface area (Å²) < 4.78 is 2.17. The van der Waals surface area contributed by atoms with Crippen LogP contribution in [0.15, 0.2) is 30.9 Å². The zero-order valence-electron chi connectivity index (χ0n) is 14.8. The molecule has 148 valence electrons. The average molecular weight is 433 g/mol. The summed E-state index contributed by atoms with van der Waals surface area (Å²) in [4.78, 5) is 4.51. The Balaban J connectivity index is 0.00000131. The van der Waals surface area contributed by atoms with Crippen LogP contribution in [0, 0.1) is 0 Å². The molecule has 0 amide bonds. The first-order chi connectivity index (χ1) is 12.2. The van der Waals surface area contributed by atoms with Gasteiger partial charge in [0.15, 0.2) is 0 Å². The van der Waals surface area contributed by atoms with E-state index in [1.54, 1.807) is 6.20 Å². The van der Waals surface area contributed by atoms with Crippen molar-refractivity contribution in [1.29, 1.82) is 0 Å². The molecule has 3 aromatic rings. The number of halogens is 3. The SMILES string of the molecule is Cl.Cl.O[C@H]1CCCN[C@@H]1CCCn1cnc2cc(Cl)cc(-c3cn[nH]c3)c21. The molecule has 6 nitrogen and oxygen atoms in total. The minimum Gasteiger partial charge on any atom is -0.392 e. The fraction of sp³-hybridized carbons (Fsp3) is 0.444. The molecule has 1 fully saturated rings. The van der Waals surface area contributed by atoms with Gasteiger partial charge in [0.1, 0.15) is 0 Å². The number of imidazole rings is 1. The first-order valence-corrected chi connectivity index (χ1v) is 9.15. The van der Waals surface area contributed by atoms with Crippen molar-refractivity contribution in [3.63, 3.8) is 0 Å². The first-order valence-electron chi connectivity index (χ1n) is 8.77. The zero-order chi connectivity index (χ0) is 17.2. The number of aryl methyl sites for hydroxylation is 1. The Bertz CT molecular complexity index is 852. The van der Waals surface area contributed by atoms with E-state index in [0.29, 0.717) is 5.02 Å². The maximum atomic E-state index is 10.1. The predicted octanol–water partition coefficient (Wildman–Crippen LogP) is 3.82. The summed E-state index contributed by atoms with van der Waals surface area (Å²) >= 11 is 6.26. The van der Waals surface area contributed by atoms with Crippen LogP contribution in [0.2, 0.25) is 5.02 Å². The van der Waals surface area contributed by atoms with Crippen molar-refractivity contribution in [2.24, 2.45) is 0 Å². The molecular weight excluding hydrogens is 409 g/mol. The number of nitrogens with one attached hydrogen (secondary N) is 2. The van der Waals surface area contributed by atoms with E-state index in [1.165, 1.54) is 0 Å². The molecule has 9 heteroatoms. The lowest BCUT2D eigenvalue weighted by Crippen LogP contribution is -2.44. The molecule has 0 radical (unpaired) electrons. The van der Waals surface area contributed by atoms with Crippen LogP contribution < -0.4 is 5.32 Å². The van der Waals surface area contributed by atoms with Gasteiger partial charge < -0.3 is 15.0 Å². The smallest absolute Gasteiger partial charge is 0.0958 e. The number of nitrogens with zero attached hydrogens (tertiary/aromatic N) is 3. The van der Waals surface area contributed by atoms with Gasteiger partial charge in [-0.1, -0.05) is 11.6 Å². The van der Waals surface area contributed by atoms with E-state index in [9.17, 15) is 5.11 Å². The highest BCUT2D eigenvalue weighted by Crippen LogP contribution is 2.31. The fourth-order valence-corrected chi connectivity index (χ4v) is 3.89. The molecule has 3 heterocycles. The maximum absolute atomic E-state index is 10.1. The highest BCUT2D eigenvalue weighted by molar-refractivity contribution is 6.31. The van der Waals surface area contributed by atoms with Gasteiger partial charge in [-0.2, -0.15) is 5.10 Å². The third-order valence-electron chi connectivity index (χ3n) is 4.95. The van der Waals surface area contributed by atoms with Crippen molar-refractivity contribution in [3.8, 4) is 11.1 Å². The monoisotopic (exact) mass is 431 g/mol. The van der Waals surface area contributed by atoms with E-state index in [1.807, 2.05) is 24.7 Å². The number of piperidine rings is 1. The summed E-state index contributed by atoms with van der Waals surface area (Å²) in [6, 6.07) is 4.05. The molecule has 27 heavy (non-hydrogen) atoms. The van der Waals surface area contributed by atoms with Crippen molar-refractivity contribution < 1.29 is 5.11 Å². The van der Waals surface area contributed by atoms with Crippen LogP contribution in [0.25, 0.3) is 22.2 Å². The van der Waals surface area contributed by atoms with Crippen LogP contribution in [0.3, 0.4) is 0 Å². The van der Waals surface area contributed by atoms with E-state index >= 15 is 0 Å². The number of benzene rings is 1. The van der Waals surface area contributed by atoms with Crippen molar-refractivity contribution in [1.82, 2.24) is 25.1 Å². The highest BCUT2D eigenvalue weighted by Gasteiger charge is 2.22. The lowest BCUT2D eigenvalue weighted by atomic mass is 9.97. The molecule has 0 saturated carbocycles. The Morgan fingerprint density at radius 1 is 1.30 bits per heavy atom. The second-order valence-corrected chi connectivity index (χ2v) is 7.09. The number of H-pyrrole nitrogens is 1. The van der Waals surface area contributed by atoms with Crippen LogP contribution in [0.1, 0.15) is 25.7 Å². The predicted molar refractivity (Wildman–Crippen MR) is 113 cm³/mol. The normalized spacial score (nSPS) is 19.5. The largest absolute Gasteiger partial charge is 0.392 e. The molecular formula is C18H24Cl3N5O. The van der Waals surface area contributed by atoms with Gasteiger partial charge in [0, 0.05) is 34.9 Å². The van der Waals surface area contributed by atoms with Gasteiger partial charge >= 0.3 is 0 Å². The summed E-state index contributed by atoms with van der Waals surface area (Å²) in [6.07, 6.45) is 9.19. The summed E-state index contributed by atoms with van der Waals surface area (Å²) in [6.45, 7) is 1.85. The molecule has 4 rings (SSSR count). The molecule has 2 atom stereocenters. The Labute approximate surface area is 175 Å². The molecule has 0 unspecified atom stereocenters. The van der Waals surface area contributed by atoms with E-state index in [4.69, 9.17) is 11.6 Å². The minimum absolute atomic E-state index is 0. The van der Waals surface area contributed by atoms with Crippen LogP contribution >= 0.6 is 36.4 Å². The van der Waals surface area contributed by atoms with Crippen LogP contribution in [-0.4, -0.2) is 43.5 Å². The van der Waals surface area contributed by atoms with Crippen LogP contribution in [0.5, 0.6) is 0 Å². The van der Waals surface area contributed by atoms with Crippen molar-refractivity contribution >= 4 is 47.4 Å². The third-order valence-corrected chi connectivity index (χ3v) is 5.17. The van der Waals surface area contributed by atoms with Crippen molar-refractivity contribution in [2.45, 2.75) is 44.4 Å². The van der Waals surface area contributed by atoms with Gasteiger partial charge in [-0.05, 0) is 44.4 Å². The molecule has 1 aromatic carbocycles. The molecule has 0 aliphatic carbocycles. The second kappa shape index (κ2) is 9.75. The van der Waals surface area contributed by atoms with Gasteiger partial charge in [-0.25, -0.2) is 4.98 Å². The van der Waals surface area contributed by atoms with Gasteiger partial charge in [-0.3, -0.25) is 5.10 Å². The minimum atomic E-state index is -0.228. The summed E-state index contributed by atoms with van der Waals surface area (Å²) in [5, 5.41) is 21.1. The van der Waals surface area contributed by atoms with E-state index in [2.05, 4.69) is 25.1 Å². The number of rotatable bonds is 5. The number of aromatic nitrogens is 4. The number of aliphatic hydroxyl groups is 1. The summed E-state index contributed by atoms with van der Waals surface area (Å²) in [5.74, 6) is 0. The van der Waals surface area contributed by atoms with Crippen LogP contribution in [-0.2, 0) is 6.54 Å². The quantitative estimate of drug-likeness (QED) is 0.573. The van der Waals surface area contributed by atoms with Crippen molar-refractivity contribution in [2.75, 3.05) is 6.54 Å². The highest BCUT2D eigenvalue weighted by atomic mass is 35.5. The molecule has 3 N–H and O–H groups in total. The molecule has 0 bridgehead atoms. The molecule has 1 aliphatic heterocycles. The first kappa shape index (κ1) is 22.0. The molecule has 1 aliphatic rings. The van der Waals surface area contributed by atoms with Gasteiger partial charge in [0.05, 0.1) is 29.7 Å². The Hall–Kier alpha value is -1.31. The van der Waals surface area contributed by atoms with Gasteiger partial charge in [0.2, 0.25) is 0 Å². The fourth-order valence-electron chi connectivity index (χ4n) is 3.67. The van der Waals surface area contributed by atoms with E-state index in [-0.39, 0.29) is 37.0 Å². The number of hydrogen-bond acceptors (Lipinski definition) is 4. The number of aliphatic hydroxyl groups excluding tert-OH is 1. The maximum Gasteiger partial charge on any atom is 0.0958 e. The second-order valence-electron chi connectivity index (χ2n) is 6.66. The average Bonchev–Trinajstić information content (AvgIpc) is 3.26. The molecule has 1 saturated heterocycles. The summed E-state index contributed by atoms with van der Waals surface area (Å²) in [7, 11) is 0. The van der Waals surface area contributed by atoms with Crippen LogP contribution in [0.4, 0.5) is 0 Å². The lowest BCUT2D eigenvalue weighted by molar-refractivity contribution is 0.0909. The Morgan fingerprint density at radius 3 is 2.89 bits per heavy atom. The standard InChI is InChI=1S/C18H22ClN5O.2ClH/c19-13-7-14(12-9-22-23-10-12)18-16(8-13)21-11-24(18)6-2-3-15-17(25)4-1-5-20-15;;/h7-11,15,17,20,25H,1-6H2,(H,22,23);2*1H/t15-,17+;;/m1../s1. The number of aromatic amines is 1. The van der Waals surface area contributed by atoms with E-state index < -0.39 is 0 Å². The summed E-state index contributed by atoms with van der Waals surface area (Å²) in [5.41, 5.74) is 3.99.